The van der Waals surface area contributed by atoms with Gasteiger partial charge < -0.3 is 0 Å². The first kappa shape index (κ1) is 16.4. The standard InChI is InChI=1S/C14H10N6O4S/c21-11(8-19-7-9(20(23)24)4-5-12(19)22)16-14-18-17-13(25-14)10-3-1-2-6-15-10/h1-7H,8H2,(H,16,18,21). The van der Waals surface area contributed by atoms with Gasteiger partial charge in [-0.25, -0.2) is 0 Å². The minimum Gasteiger partial charge on any atom is -0.299 e. The fourth-order valence-corrected chi connectivity index (χ4v) is 2.67. The number of rotatable bonds is 5. The van der Waals surface area contributed by atoms with Crippen molar-refractivity contribution in [1.29, 1.82) is 0 Å². The molecule has 0 aliphatic heterocycles. The van der Waals surface area contributed by atoms with Gasteiger partial charge >= 0.3 is 0 Å². The Morgan fingerprint density at radius 1 is 1.28 bits per heavy atom. The van der Waals surface area contributed by atoms with Gasteiger partial charge in [0.15, 0.2) is 5.01 Å². The number of hydrogen-bond donors (Lipinski definition) is 1. The summed E-state index contributed by atoms with van der Waals surface area (Å²) in [4.78, 5) is 38.0. The van der Waals surface area contributed by atoms with E-state index in [1.54, 1.807) is 24.4 Å². The quantitative estimate of drug-likeness (QED) is 0.537. The number of aromatic nitrogens is 4. The summed E-state index contributed by atoms with van der Waals surface area (Å²) in [5.41, 5.74) is -0.177. The molecule has 0 aliphatic carbocycles. The first-order valence-corrected chi connectivity index (χ1v) is 7.74. The number of anilines is 1. The van der Waals surface area contributed by atoms with Crippen LogP contribution in [0.15, 0.2) is 47.5 Å². The van der Waals surface area contributed by atoms with Crippen molar-refractivity contribution in [2.75, 3.05) is 5.32 Å². The van der Waals surface area contributed by atoms with E-state index in [0.29, 0.717) is 10.7 Å². The molecule has 0 unspecified atom stereocenters. The highest BCUT2D eigenvalue weighted by Gasteiger charge is 2.13. The summed E-state index contributed by atoms with van der Waals surface area (Å²) in [6, 6.07) is 7.45. The van der Waals surface area contributed by atoms with Gasteiger partial charge in [-0.2, -0.15) is 0 Å². The molecular weight excluding hydrogens is 348 g/mol. The van der Waals surface area contributed by atoms with Crippen molar-refractivity contribution in [2.45, 2.75) is 6.54 Å². The van der Waals surface area contributed by atoms with E-state index in [9.17, 15) is 19.7 Å². The largest absolute Gasteiger partial charge is 0.299 e. The summed E-state index contributed by atoms with van der Waals surface area (Å²) in [6.45, 7) is -0.376. The van der Waals surface area contributed by atoms with Crippen LogP contribution >= 0.6 is 11.3 Å². The molecule has 0 saturated carbocycles. The molecule has 3 aromatic rings. The molecule has 0 radical (unpaired) electrons. The van der Waals surface area contributed by atoms with Gasteiger partial charge in [-0.1, -0.05) is 17.4 Å². The van der Waals surface area contributed by atoms with Crippen molar-refractivity contribution in [1.82, 2.24) is 19.7 Å². The molecule has 0 fully saturated rings. The van der Waals surface area contributed by atoms with Gasteiger partial charge in [0, 0.05) is 18.3 Å². The number of hydrogen-bond acceptors (Lipinski definition) is 8. The molecule has 126 valence electrons. The predicted molar refractivity (Wildman–Crippen MR) is 89.1 cm³/mol. The maximum absolute atomic E-state index is 12.0. The average Bonchev–Trinajstić information content (AvgIpc) is 3.06. The van der Waals surface area contributed by atoms with Gasteiger partial charge in [0.1, 0.15) is 12.2 Å². The topological polar surface area (TPSA) is 133 Å². The molecule has 1 N–H and O–H groups in total. The first-order valence-electron chi connectivity index (χ1n) is 6.92. The Balaban J connectivity index is 1.71. The van der Waals surface area contributed by atoms with E-state index in [2.05, 4.69) is 20.5 Å². The van der Waals surface area contributed by atoms with E-state index in [0.717, 1.165) is 34.2 Å². The molecule has 0 saturated heterocycles. The number of pyridine rings is 2. The van der Waals surface area contributed by atoms with E-state index < -0.39 is 16.4 Å². The highest BCUT2D eigenvalue weighted by atomic mass is 32.1. The number of nitro groups is 1. The molecule has 3 heterocycles. The van der Waals surface area contributed by atoms with E-state index in [4.69, 9.17) is 0 Å². The SMILES string of the molecule is O=C(Cn1cc([N+](=O)[O-])ccc1=O)Nc1nnc(-c2ccccn2)s1. The molecule has 0 aliphatic rings. The van der Waals surface area contributed by atoms with Crippen LogP contribution in [0.2, 0.25) is 0 Å². The lowest BCUT2D eigenvalue weighted by molar-refractivity contribution is -0.385. The summed E-state index contributed by atoms with van der Waals surface area (Å²) >= 11 is 1.12. The van der Waals surface area contributed by atoms with Gasteiger partial charge in [0.25, 0.3) is 11.2 Å². The van der Waals surface area contributed by atoms with E-state index in [1.807, 2.05) is 0 Å². The zero-order valence-corrected chi connectivity index (χ0v) is 13.3. The number of amides is 1. The molecule has 10 nitrogen and oxygen atoms in total. The number of carbonyl (C=O) groups is 1. The highest BCUT2D eigenvalue weighted by molar-refractivity contribution is 7.18. The van der Waals surface area contributed by atoms with Crippen LogP contribution in [0.1, 0.15) is 0 Å². The summed E-state index contributed by atoms with van der Waals surface area (Å²) in [5, 5.41) is 21.8. The van der Waals surface area contributed by atoms with Crippen molar-refractivity contribution in [3.05, 3.63) is 63.2 Å². The Labute approximate surface area is 143 Å². The van der Waals surface area contributed by atoms with Crippen molar-refractivity contribution in [3.8, 4) is 10.7 Å². The summed E-state index contributed by atoms with van der Waals surface area (Å²) in [6.07, 6.45) is 2.63. The number of carbonyl (C=O) groups excluding carboxylic acids is 1. The Kier molecular flexibility index (Phi) is 4.57. The van der Waals surface area contributed by atoms with E-state index >= 15 is 0 Å². The molecule has 11 heteroatoms. The van der Waals surface area contributed by atoms with Crippen LogP contribution in [0.3, 0.4) is 0 Å². The Morgan fingerprint density at radius 2 is 2.12 bits per heavy atom. The van der Waals surface area contributed by atoms with Crippen LogP contribution in [0.4, 0.5) is 10.8 Å². The van der Waals surface area contributed by atoms with E-state index in [1.165, 1.54) is 0 Å². The molecule has 3 rings (SSSR count). The molecular formula is C14H10N6O4S. The van der Waals surface area contributed by atoms with Crippen molar-refractivity contribution in [2.24, 2.45) is 0 Å². The normalized spacial score (nSPS) is 10.4. The van der Waals surface area contributed by atoms with Crippen LogP contribution in [-0.4, -0.2) is 30.6 Å². The van der Waals surface area contributed by atoms with Crippen LogP contribution in [0, 0.1) is 10.1 Å². The second-order valence-corrected chi connectivity index (χ2v) is 5.76. The Hall–Kier alpha value is -3.47. The Morgan fingerprint density at radius 3 is 2.84 bits per heavy atom. The van der Waals surface area contributed by atoms with Crippen molar-refractivity contribution >= 4 is 28.1 Å². The van der Waals surface area contributed by atoms with Gasteiger partial charge in [0.2, 0.25) is 11.0 Å². The molecule has 3 aromatic heterocycles. The lowest BCUT2D eigenvalue weighted by Crippen LogP contribution is -2.26. The summed E-state index contributed by atoms with van der Waals surface area (Å²) < 4.78 is 0.953. The third-order valence-electron chi connectivity index (χ3n) is 3.05. The van der Waals surface area contributed by atoms with Gasteiger partial charge in [0.05, 0.1) is 11.1 Å². The van der Waals surface area contributed by atoms with Gasteiger partial charge in [-0.15, -0.1) is 10.2 Å². The van der Waals surface area contributed by atoms with Crippen molar-refractivity contribution in [3.63, 3.8) is 0 Å². The molecule has 0 spiro atoms. The van der Waals surface area contributed by atoms with Crippen LogP contribution < -0.4 is 10.9 Å². The smallest absolute Gasteiger partial charge is 0.285 e. The number of nitrogens with one attached hydrogen (secondary N) is 1. The second kappa shape index (κ2) is 6.97. The minimum atomic E-state index is -0.641. The zero-order chi connectivity index (χ0) is 17.8. The average molecular weight is 358 g/mol. The third kappa shape index (κ3) is 3.90. The van der Waals surface area contributed by atoms with Crippen LogP contribution in [0.5, 0.6) is 0 Å². The van der Waals surface area contributed by atoms with Gasteiger partial charge in [-0.05, 0) is 12.1 Å². The fourth-order valence-electron chi connectivity index (χ4n) is 1.93. The molecule has 1 amide bonds. The zero-order valence-electron chi connectivity index (χ0n) is 12.5. The maximum Gasteiger partial charge on any atom is 0.285 e. The Bertz CT molecular complexity index is 984. The monoisotopic (exact) mass is 358 g/mol. The molecule has 25 heavy (non-hydrogen) atoms. The summed E-state index contributed by atoms with van der Waals surface area (Å²) in [7, 11) is 0. The minimum absolute atomic E-state index is 0.240. The molecule has 0 bridgehead atoms. The summed E-state index contributed by atoms with van der Waals surface area (Å²) in [5.74, 6) is -0.550. The molecule has 0 atom stereocenters. The van der Waals surface area contributed by atoms with Crippen LogP contribution in [-0.2, 0) is 11.3 Å². The molecule has 0 aromatic carbocycles. The fraction of sp³-hybridized carbons (Fsp3) is 0.0714. The second-order valence-electron chi connectivity index (χ2n) is 4.79. The number of nitrogens with zero attached hydrogens (tertiary/aromatic N) is 5. The van der Waals surface area contributed by atoms with Gasteiger partial charge in [-0.3, -0.25) is 34.6 Å². The van der Waals surface area contributed by atoms with E-state index in [-0.39, 0.29) is 17.4 Å². The highest BCUT2D eigenvalue weighted by Crippen LogP contribution is 2.24. The maximum atomic E-state index is 12.0. The van der Waals surface area contributed by atoms with Crippen molar-refractivity contribution < 1.29 is 9.72 Å². The third-order valence-corrected chi connectivity index (χ3v) is 3.91. The first-order chi connectivity index (χ1) is 12.0. The lowest BCUT2D eigenvalue weighted by Gasteiger charge is -2.04. The predicted octanol–water partition coefficient (Wildman–Crippen LogP) is 1.31. The van der Waals surface area contributed by atoms with Crippen LogP contribution in [0.25, 0.3) is 10.7 Å². The lowest BCUT2D eigenvalue weighted by atomic mass is 10.4.